The fourth-order valence-corrected chi connectivity index (χ4v) is 1.75. The van der Waals surface area contributed by atoms with Crippen molar-refractivity contribution in [3.63, 3.8) is 0 Å². The van der Waals surface area contributed by atoms with Crippen molar-refractivity contribution in [2.45, 2.75) is 18.0 Å². The molecule has 78 valence electrons. The zero-order valence-corrected chi connectivity index (χ0v) is 8.38. The van der Waals surface area contributed by atoms with E-state index in [1.54, 1.807) is 18.2 Å². The standard InChI is InChI=1S/C9H10F3NS/c1-6-2-3-7(13)8(4-6)14-5-9(10,11)12/h2-4H,5,13H2,1H3. The maximum Gasteiger partial charge on any atom is 0.398 e. The summed E-state index contributed by atoms with van der Waals surface area (Å²) in [5, 5.41) is 0. The first-order valence-corrected chi connectivity index (χ1v) is 4.93. The van der Waals surface area contributed by atoms with Crippen LogP contribution in [-0.2, 0) is 0 Å². The summed E-state index contributed by atoms with van der Waals surface area (Å²) >= 11 is 0.718. The van der Waals surface area contributed by atoms with Crippen LogP contribution in [-0.4, -0.2) is 11.9 Å². The third-order valence-electron chi connectivity index (χ3n) is 1.56. The summed E-state index contributed by atoms with van der Waals surface area (Å²) in [4.78, 5) is 0.488. The number of alkyl halides is 3. The Morgan fingerprint density at radius 3 is 2.57 bits per heavy atom. The second-order valence-electron chi connectivity index (χ2n) is 2.95. The van der Waals surface area contributed by atoms with Crippen molar-refractivity contribution in [2.24, 2.45) is 0 Å². The van der Waals surface area contributed by atoms with Crippen LogP contribution in [0.3, 0.4) is 0 Å². The second kappa shape index (κ2) is 4.13. The van der Waals surface area contributed by atoms with Gasteiger partial charge in [0.15, 0.2) is 0 Å². The zero-order chi connectivity index (χ0) is 10.8. The zero-order valence-electron chi connectivity index (χ0n) is 7.56. The van der Waals surface area contributed by atoms with E-state index in [-0.39, 0.29) is 0 Å². The SMILES string of the molecule is Cc1ccc(N)c(SCC(F)(F)F)c1. The Bertz CT molecular complexity index is 322. The monoisotopic (exact) mass is 221 g/mol. The van der Waals surface area contributed by atoms with E-state index < -0.39 is 11.9 Å². The van der Waals surface area contributed by atoms with Crippen molar-refractivity contribution < 1.29 is 13.2 Å². The lowest BCUT2D eigenvalue weighted by molar-refractivity contribution is -0.105. The fourth-order valence-electron chi connectivity index (χ4n) is 0.926. The lowest BCUT2D eigenvalue weighted by atomic mass is 10.2. The summed E-state index contributed by atoms with van der Waals surface area (Å²) in [5.74, 6) is -0.902. The first-order chi connectivity index (χ1) is 6.38. The highest BCUT2D eigenvalue weighted by atomic mass is 32.2. The van der Waals surface area contributed by atoms with E-state index in [2.05, 4.69) is 0 Å². The Balaban J connectivity index is 2.72. The van der Waals surface area contributed by atoms with Crippen LogP contribution in [0.1, 0.15) is 5.56 Å². The average Bonchev–Trinajstić information content (AvgIpc) is 2.05. The van der Waals surface area contributed by atoms with Gasteiger partial charge in [0.2, 0.25) is 0 Å². The van der Waals surface area contributed by atoms with Crippen LogP contribution >= 0.6 is 11.8 Å². The highest BCUT2D eigenvalue weighted by molar-refractivity contribution is 7.99. The van der Waals surface area contributed by atoms with Crippen molar-refractivity contribution in [3.05, 3.63) is 23.8 Å². The van der Waals surface area contributed by atoms with E-state index in [1.807, 2.05) is 6.92 Å². The van der Waals surface area contributed by atoms with Crippen molar-refractivity contribution in [1.82, 2.24) is 0 Å². The van der Waals surface area contributed by atoms with Crippen molar-refractivity contribution in [1.29, 1.82) is 0 Å². The Morgan fingerprint density at radius 2 is 2.00 bits per heavy atom. The average molecular weight is 221 g/mol. The maximum absolute atomic E-state index is 11.9. The minimum Gasteiger partial charge on any atom is -0.398 e. The minimum atomic E-state index is -4.15. The van der Waals surface area contributed by atoms with E-state index in [0.29, 0.717) is 10.6 Å². The van der Waals surface area contributed by atoms with Crippen LogP contribution in [0.15, 0.2) is 23.1 Å². The number of halogens is 3. The Labute approximate surface area is 84.5 Å². The minimum absolute atomic E-state index is 0.393. The molecular formula is C9H10F3NS. The molecule has 0 radical (unpaired) electrons. The highest BCUT2D eigenvalue weighted by Gasteiger charge is 2.27. The number of rotatable bonds is 2. The summed E-state index contributed by atoms with van der Waals surface area (Å²) in [7, 11) is 0. The molecule has 0 aliphatic heterocycles. The Hall–Kier alpha value is -0.840. The molecule has 2 N–H and O–H groups in total. The quantitative estimate of drug-likeness (QED) is 0.613. The summed E-state index contributed by atoms with van der Waals surface area (Å²) in [6.45, 7) is 1.82. The number of aryl methyl sites for hydroxylation is 1. The third kappa shape index (κ3) is 3.49. The molecular weight excluding hydrogens is 211 g/mol. The number of hydrogen-bond acceptors (Lipinski definition) is 2. The smallest absolute Gasteiger partial charge is 0.398 e. The summed E-state index contributed by atoms with van der Waals surface area (Å²) in [6.07, 6.45) is -4.15. The number of anilines is 1. The van der Waals surface area contributed by atoms with Gasteiger partial charge < -0.3 is 5.73 Å². The van der Waals surface area contributed by atoms with Crippen molar-refractivity contribution >= 4 is 17.4 Å². The molecule has 1 rings (SSSR count). The van der Waals surface area contributed by atoms with Gasteiger partial charge in [-0.2, -0.15) is 13.2 Å². The highest BCUT2D eigenvalue weighted by Crippen LogP contribution is 2.31. The number of benzene rings is 1. The van der Waals surface area contributed by atoms with Crippen molar-refractivity contribution in [3.8, 4) is 0 Å². The van der Waals surface area contributed by atoms with Gasteiger partial charge >= 0.3 is 6.18 Å². The molecule has 0 saturated carbocycles. The van der Waals surface area contributed by atoms with Gasteiger partial charge in [0.1, 0.15) is 0 Å². The van der Waals surface area contributed by atoms with E-state index in [0.717, 1.165) is 17.3 Å². The number of nitrogen functional groups attached to an aromatic ring is 1. The Kier molecular flexibility index (Phi) is 3.31. The molecule has 0 aliphatic carbocycles. The van der Waals surface area contributed by atoms with Gasteiger partial charge in [-0.3, -0.25) is 0 Å². The van der Waals surface area contributed by atoms with Crippen LogP contribution in [0.25, 0.3) is 0 Å². The number of thioether (sulfide) groups is 1. The maximum atomic E-state index is 11.9. The molecule has 0 heterocycles. The topological polar surface area (TPSA) is 26.0 Å². The van der Waals surface area contributed by atoms with Crippen LogP contribution in [0.5, 0.6) is 0 Å². The first-order valence-electron chi connectivity index (χ1n) is 3.94. The molecule has 1 aromatic carbocycles. The summed E-state index contributed by atoms with van der Waals surface area (Å²) in [6, 6.07) is 5.05. The molecule has 0 saturated heterocycles. The number of hydrogen-bond donors (Lipinski definition) is 1. The van der Waals surface area contributed by atoms with Crippen LogP contribution < -0.4 is 5.73 Å². The number of nitrogens with two attached hydrogens (primary N) is 1. The molecule has 5 heteroatoms. The van der Waals surface area contributed by atoms with E-state index >= 15 is 0 Å². The lowest BCUT2D eigenvalue weighted by Gasteiger charge is -2.08. The molecule has 0 spiro atoms. The first kappa shape index (κ1) is 11.2. The lowest BCUT2D eigenvalue weighted by Crippen LogP contribution is -2.10. The van der Waals surface area contributed by atoms with E-state index in [1.165, 1.54) is 0 Å². The normalized spacial score (nSPS) is 11.7. The van der Waals surface area contributed by atoms with Crippen LogP contribution in [0.4, 0.5) is 18.9 Å². The molecule has 14 heavy (non-hydrogen) atoms. The van der Waals surface area contributed by atoms with Gasteiger partial charge in [-0.25, -0.2) is 0 Å². The predicted octanol–water partition coefficient (Wildman–Crippen LogP) is 3.23. The van der Waals surface area contributed by atoms with Crippen molar-refractivity contribution in [2.75, 3.05) is 11.5 Å². The molecule has 0 aliphatic rings. The van der Waals surface area contributed by atoms with Gasteiger partial charge in [-0.1, -0.05) is 6.07 Å². The summed E-state index contributed by atoms with van der Waals surface area (Å²) in [5.41, 5.74) is 6.83. The van der Waals surface area contributed by atoms with Gasteiger partial charge in [0.25, 0.3) is 0 Å². The fraction of sp³-hybridized carbons (Fsp3) is 0.333. The molecule has 0 aromatic heterocycles. The molecule has 0 unspecified atom stereocenters. The largest absolute Gasteiger partial charge is 0.398 e. The van der Waals surface area contributed by atoms with Crippen LogP contribution in [0, 0.1) is 6.92 Å². The van der Waals surface area contributed by atoms with Gasteiger partial charge in [0.05, 0.1) is 5.75 Å². The van der Waals surface area contributed by atoms with Gasteiger partial charge in [-0.15, -0.1) is 11.8 Å². The van der Waals surface area contributed by atoms with E-state index in [4.69, 9.17) is 5.73 Å². The summed E-state index contributed by atoms with van der Waals surface area (Å²) < 4.78 is 35.7. The molecule has 0 atom stereocenters. The Morgan fingerprint density at radius 1 is 1.36 bits per heavy atom. The van der Waals surface area contributed by atoms with E-state index in [9.17, 15) is 13.2 Å². The predicted molar refractivity (Wildman–Crippen MR) is 52.4 cm³/mol. The van der Waals surface area contributed by atoms with Gasteiger partial charge in [0, 0.05) is 10.6 Å². The molecule has 0 bridgehead atoms. The molecule has 1 aromatic rings. The second-order valence-corrected chi connectivity index (χ2v) is 3.96. The molecule has 0 amide bonds. The molecule has 1 nitrogen and oxygen atoms in total. The third-order valence-corrected chi connectivity index (χ3v) is 2.70. The molecule has 0 fully saturated rings. The van der Waals surface area contributed by atoms with Crippen LogP contribution in [0.2, 0.25) is 0 Å². The van der Waals surface area contributed by atoms with Gasteiger partial charge in [-0.05, 0) is 24.6 Å².